The van der Waals surface area contributed by atoms with Gasteiger partial charge in [0.25, 0.3) is 0 Å². The predicted octanol–water partition coefficient (Wildman–Crippen LogP) is 3.78. The first-order chi connectivity index (χ1) is 11.4. The Morgan fingerprint density at radius 2 is 1.96 bits per heavy atom. The third kappa shape index (κ3) is 4.70. The number of carboxylic acids is 1. The Hall–Kier alpha value is -2.10. The molecule has 1 amide bonds. The molecular formula is C20H27NO3. The number of carbonyl (C=O) groups excluding carboxylic acids is 1. The Kier molecular flexibility index (Phi) is 6.18. The number of piperidine rings is 1. The summed E-state index contributed by atoms with van der Waals surface area (Å²) in [7, 11) is 0. The van der Waals surface area contributed by atoms with Gasteiger partial charge in [-0.2, -0.15) is 0 Å². The predicted molar refractivity (Wildman–Crippen MR) is 95.7 cm³/mol. The maximum absolute atomic E-state index is 12.3. The second kappa shape index (κ2) is 8.13. The molecule has 1 saturated heterocycles. The second-order valence-corrected chi connectivity index (χ2v) is 6.98. The van der Waals surface area contributed by atoms with Crippen LogP contribution >= 0.6 is 0 Å². The normalized spacial score (nSPS) is 21.4. The van der Waals surface area contributed by atoms with Crippen LogP contribution in [0.3, 0.4) is 0 Å². The van der Waals surface area contributed by atoms with Gasteiger partial charge in [-0.25, -0.2) is 0 Å². The van der Waals surface area contributed by atoms with Gasteiger partial charge in [0.2, 0.25) is 5.91 Å². The number of benzene rings is 1. The standard InChI is InChI=1S/C20H27NO3/c1-14(2)17-9-7-16(8-10-17)5-4-6-19(22)21-12-11-18(20(23)24)15(3)13-21/h4-5,7-10,14-15,18H,6,11-13H2,1-3H3,(H,23,24)/b5-4+. The summed E-state index contributed by atoms with van der Waals surface area (Å²) < 4.78 is 0. The van der Waals surface area contributed by atoms with Crippen LogP contribution in [-0.2, 0) is 9.59 Å². The molecule has 0 aromatic heterocycles. The molecule has 0 saturated carbocycles. The van der Waals surface area contributed by atoms with Crippen LogP contribution < -0.4 is 0 Å². The fourth-order valence-electron chi connectivity index (χ4n) is 3.16. The largest absolute Gasteiger partial charge is 0.481 e. The average molecular weight is 329 g/mol. The average Bonchev–Trinajstić information content (AvgIpc) is 2.54. The molecule has 0 radical (unpaired) electrons. The first kappa shape index (κ1) is 18.2. The van der Waals surface area contributed by atoms with Crippen molar-refractivity contribution in [2.24, 2.45) is 11.8 Å². The summed E-state index contributed by atoms with van der Waals surface area (Å²) in [5, 5.41) is 9.14. The minimum Gasteiger partial charge on any atom is -0.481 e. The molecule has 1 N–H and O–H groups in total. The first-order valence-electron chi connectivity index (χ1n) is 8.65. The van der Waals surface area contributed by atoms with E-state index in [4.69, 9.17) is 5.11 Å². The molecule has 1 aromatic rings. The van der Waals surface area contributed by atoms with Gasteiger partial charge in [-0.05, 0) is 29.4 Å². The third-order valence-electron chi connectivity index (χ3n) is 4.78. The Morgan fingerprint density at radius 1 is 1.29 bits per heavy atom. The zero-order valence-corrected chi connectivity index (χ0v) is 14.7. The lowest BCUT2D eigenvalue weighted by atomic mass is 9.87. The van der Waals surface area contributed by atoms with Gasteiger partial charge in [0.1, 0.15) is 0 Å². The molecule has 2 rings (SSSR count). The highest BCUT2D eigenvalue weighted by Crippen LogP contribution is 2.24. The zero-order chi connectivity index (χ0) is 17.7. The molecule has 1 aliphatic rings. The van der Waals surface area contributed by atoms with Crippen LogP contribution in [0.15, 0.2) is 30.3 Å². The van der Waals surface area contributed by atoms with Crippen LogP contribution in [0.1, 0.15) is 50.7 Å². The van der Waals surface area contributed by atoms with E-state index in [1.54, 1.807) is 4.90 Å². The number of carbonyl (C=O) groups is 2. The van der Waals surface area contributed by atoms with Crippen molar-refractivity contribution in [3.8, 4) is 0 Å². The zero-order valence-electron chi connectivity index (χ0n) is 14.7. The van der Waals surface area contributed by atoms with E-state index in [1.165, 1.54) is 5.56 Å². The second-order valence-electron chi connectivity index (χ2n) is 6.98. The van der Waals surface area contributed by atoms with Gasteiger partial charge in [-0.3, -0.25) is 9.59 Å². The summed E-state index contributed by atoms with van der Waals surface area (Å²) in [6, 6.07) is 8.36. The number of nitrogens with zero attached hydrogens (tertiary/aromatic N) is 1. The number of rotatable bonds is 5. The number of likely N-dealkylation sites (tertiary alicyclic amines) is 1. The SMILES string of the molecule is CC(C)c1ccc(/C=C/CC(=O)N2CCC(C(=O)O)C(C)C2)cc1. The van der Waals surface area contributed by atoms with Crippen molar-refractivity contribution in [2.45, 2.75) is 39.5 Å². The van der Waals surface area contributed by atoms with E-state index < -0.39 is 5.97 Å². The summed E-state index contributed by atoms with van der Waals surface area (Å²) in [6.07, 6.45) is 4.76. The summed E-state index contributed by atoms with van der Waals surface area (Å²) in [5.41, 5.74) is 2.39. The van der Waals surface area contributed by atoms with Crippen molar-refractivity contribution >= 4 is 18.0 Å². The maximum atomic E-state index is 12.3. The Balaban J connectivity index is 1.85. The Morgan fingerprint density at radius 3 is 2.50 bits per heavy atom. The van der Waals surface area contributed by atoms with E-state index in [9.17, 15) is 9.59 Å². The molecule has 0 bridgehead atoms. The highest BCUT2D eigenvalue weighted by atomic mass is 16.4. The topological polar surface area (TPSA) is 57.6 Å². The molecule has 1 aromatic carbocycles. The highest BCUT2D eigenvalue weighted by molar-refractivity contribution is 5.79. The van der Waals surface area contributed by atoms with Crippen molar-refractivity contribution in [3.05, 3.63) is 41.5 Å². The molecule has 4 heteroatoms. The molecule has 1 heterocycles. The van der Waals surface area contributed by atoms with Gasteiger partial charge in [-0.1, -0.05) is 57.2 Å². The Bertz CT molecular complexity index is 604. The van der Waals surface area contributed by atoms with Crippen molar-refractivity contribution < 1.29 is 14.7 Å². The quantitative estimate of drug-likeness (QED) is 0.894. The van der Waals surface area contributed by atoms with Gasteiger partial charge < -0.3 is 10.0 Å². The summed E-state index contributed by atoms with van der Waals surface area (Å²) in [6.45, 7) is 7.31. The van der Waals surface area contributed by atoms with E-state index in [2.05, 4.69) is 38.1 Å². The number of carboxylic acid groups (broad SMARTS) is 1. The van der Waals surface area contributed by atoms with E-state index in [0.29, 0.717) is 31.8 Å². The van der Waals surface area contributed by atoms with Crippen LogP contribution in [0, 0.1) is 11.8 Å². The Labute approximate surface area is 144 Å². The lowest BCUT2D eigenvalue weighted by Gasteiger charge is -2.34. The molecule has 2 atom stereocenters. The van der Waals surface area contributed by atoms with E-state index in [1.807, 2.05) is 19.1 Å². The highest BCUT2D eigenvalue weighted by Gasteiger charge is 2.32. The van der Waals surface area contributed by atoms with E-state index >= 15 is 0 Å². The monoisotopic (exact) mass is 329 g/mol. The number of aliphatic carboxylic acids is 1. The van der Waals surface area contributed by atoms with Crippen LogP contribution in [0.4, 0.5) is 0 Å². The number of hydrogen-bond acceptors (Lipinski definition) is 2. The lowest BCUT2D eigenvalue weighted by Crippen LogP contribution is -2.44. The summed E-state index contributed by atoms with van der Waals surface area (Å²) >= 11 is 0. The third-order valence-corrected chi connectivity index (χ3v) is 4.78. The molecule has 2 unspecified atom stereocenters. The molecular weight excluding hydrogens is 302 g/mol. The van der Waals surface area contributed by atoms with E-state index in [0.717, 1.165) is 5.56 Å². The van der Waals surface area contributed by atoms with Crippen molar-refractivity contribution in [1.29, 1.82) is 0 Å². The van der Waals surface area contributed by atoms with Crippen LogP contribution in [0.25, 0.3) is 6.08 Å². The molecule has 4 nitrogen and oxygen atoms in total. The van der Waals surface area contributed by atoms with Crippen LogP contribution in [0.5, 0.6) is 0 Å². The number of amides is 1. The van der Waals surface area contributed by atoms with Crippen molar-refractivity contribution in [1.82, 2.24) is 4.90 Å². The first-order valence-corrected chi connectivity index (χ1v) is 8.65. The molecule has 1 fully saturated rings. The van der Waals surface area contributed by atoms with Gasteiger partial charge in [0.15, 0.2) is 0 Å². The van der Waals surface area contributed by atoms with Crippen molar-refractivity contribution in [2.75, 3.05) is 13.1 Å². The number of hydrogen-bond donors (Lipinski definition) is 1. The smallest absolute Gasteiger partial charge is 0.306 e. The van der Waals surface area contributed by atoms with Crippen LogP contribution in [0.2, 0.25) is 0 Å². The summed E-state index contributed by atoms with van der Waals surface area (Å²) in [4.78, 5) is 25.2. The van der Waals surface area contributed by atoms with Gasteiger partial charge in [0, 0.05) is 19.5 Å². The summed E-state index contributed by atoms with van der Waals surface area (Å²) in [5.74, 6) is -0.489. The van der Waals surface area contributed by atoms with Gasteiger partial charge in [-0.15, -0.1) is 0 Å². The minimum absolute atomic E-state index is 0.00718. The molecule has 0 aliphatic carbocycles. The van der Waals surface area contributed by atoms with Gasteiger partial charge >= 0.3 is 5.97 Å². The fraction of sp³-hybridized carbons (Fsp3) is 0.500. The maximum Gasteiger partial charge on any atom is 0.306 e. The molecule has 24 heavy (non-hydrogen) atoms. The van der Waals surface area contributed by atoms with Gasteiger partial charge in [0.05, 0.1) is 5.92 Å². The minimum atomic E-state index is -0.751. The van der Waals surface area contributed by atoms with E-state index in [-0.39, 0.29) is 17.7 Å². The van der Waals surface area contributed by atoms with Crippen LogP contribution in [-0.4, -0.2) is 35.0 Å². The lowest BCUT2D eigenvalue weighted by molar-refractivity contribution is -0.148. The molecule has 130 valence electrons. The fourth-order valence-corrected chi connectivity index (χ4v) is 3.16. The molecule has 0 spiro atoms. The molecule has 1 aliphatic heterocycles. The van der Waals surface area contributed by atoms with Crippen molar-refractivity contribution in [3.63, 3.8) is 0 Å².